The van der Waals surface area contributed by atoms with Gasteiger partial charge in [0, 0.05) is 12.8 Å². The predicted molar refractivity (Wildman–Crippen MR) is 290 cm³/mol. The van der Waals surface area contributed by atoms with Crippen LogP contribution in [0.25, 0.3) is 0 Å². The van der Waals surface area contributed by atoms with Gasteiger partial charge >= 0.3 is 13.8 Å². The van der Waals surface area contributed by atoms with Crippen LogP contribution in [0.3, 0.4) is 0 Å². The van der Waals surface area contributed by atoms with Gasteiger partial charge in [0.15, 0.2) is 0 Å². The molecular weight excluding hydrogens is 868 g/mol. The number of phosphoric acid groups is 1. The van der Waals surface area contributed by atoms with Crippen molar-refractivity contribution in [2.75, 3.05) is 40.9 Å². The number of carbonyl (C=O) groups is 2. The van der Waals surface area contributed by atoms with Gasteiger partial charge < -0.3 is 19.4 Å². The first kappa shape index (κ1) is 64.9. The molecule has 0 aromatic heterocycles. The smallest absolute Gasteiger partial charge is 0.456 e. The van der Waals surface area contributed by atoms with Gasteiger partial charge in [0.2, 0.25) is 5.91 Å². The maximum atomic E-state index is 13.4. The van der Waals surface area contributed by atoms with Crippen molar-refractivity contribution in [3.63, 3.8) is 0 Å². The molecule has 0 spiro atoms. The third-order valence-corrected chi connectivity index (χ3v) is 12.3. The number of hydrogen-bond acceptors (Lipinski definition) is 6. The molecule has 2 N–H and O–H groups in total. The van der Waals surface area contributed by atoms with Crippen LogP contribution in [0.4, 0.5) is 0 Å². The van der Waals surface area contributed by atoms with Crippen LogP contribution in [0.5, 0.6) is 0 Å². The number of carbonyl (C=O) groups excluding carboxylic acids is 2. The summed E-state index contributed by atoms with van der Waals surface area (Å²) in [6, 6.07) is -0.885. The SMILES string of the molecule is CC/C=C\C/C=C\C/C=C\C/C=C\C/C=C\CCCC(=O)NC(COP(=O)(O)OCC[N+](C)(C)C)C(/C=C/CCCCCCCCCCC)OC(=O)CCCCCCCCC/C=C/C/C=C/CC. The molecule has 3 unspecified atom stereocenters. The van der Waals surface area contributed by atoms with Crippen LogP contribution in [0.1, 0.15) is 207 Å². The topological polar surface area (TPSA) is 111 Å². The molecule has 0 aromatic rings. The largest absolute Gasteiger partial charge is 0.472 e. The maximum Gasteiger partial charge on any atom is 0.472 e. The van der Waals surface area contributed by atoms with Crippen molar-refractivity contribution in [1.82, 2.24) is 5.32 Å². The van der Waals surface area contributed by atoms with Crippen molar-refractivity contribution in [3.05, 3.63) is 97.2 Å². The number of allylic oxidation sites excluding steroid dienone is 15. The molecule has 1 amide bonds. The number of esters is 1. The summed E-state index contributed by atoms with van der Waals surface area (Å²) in [6.07, 6.45) is 62.7. The predicted octanol–water partition coefficient (Wildman–Crippen LogP) is 16.0. The van der Waals surface area contributed by atoms with E-state index in [1.54, 1.807) is 0 Å². The summed E-state index contributed by atoms with van der Waals surface area (Å²) in [5, 5.41) is 3.00. The highest BCUT2D eigenvalue weighted by Crippen LogP contribution is 2.43. The molecular formula is C58H102N2O7P+. The number of phosphoric ester groups is 1. The Labute approximate surface area is 418 Å². The van der Waals surface area contributed by atoms with E-state index >= 15 is 0 Å². The molecule has 0 saturated carbocycles. The molecule has 0 aliphatic heterocycles. The van der Waals surface area contributed by atoms with E-state index in [1.807, 2.05) is 33.3 Å². The summed E-state index contributed by atoms with van der Waals surface area (Å²) < 4.78 is 30.5. The van der Waals surface area contributed by atoms with E-state index in [0.717, 1.165) is 103 Å². The Morgan fingerprint density at radius 1 is 0.529 bits per heavy atom. The number of amides is 1. The maximum absolute atomic E-state index is 13.4. The van der Waals surface area contributed by atoms with Gasteiger partial charge in [0.25, 0.3) is 0 Å². The Morgan fingerprint density at radius 3 is 1.44 bits per heavy atom. The van der Waals surface area contributed by atoms with E-state index in [0.29, 0.717) is 17.4 Å². The highest BCUT2D eigenvalue weighted by molar-refractivity contribution is 7.47. The highest BCUT2D eigenvalue weighted by Gasteiger charge is 2.30. The second-order valence-corrected chi connectivity index (χ2v) is 20.4. The van der Waals surface area contributed by atoms with Crippen LogP contribution in [0.2, 0.25) is 0 Å². The highest BCUT2D eigenvalue weighted by atomic mass is 31.2. The summed E-state index contributed by atoms with van der Waals surface area (Å²) >= 11 is 0. The molecule has 3 atom stereocenters. The van der Waals surface area contributed by atoms with Crippen molar-refractivity contribution in [3.8, 4) is 0 Å². The molecule has 390 valence electrons. The number of hydrogen-bond donors (Lipinski definition) is 2. The molecule has 0 fully saturated rings. The lowest BCUT2D eigenvalue weighted by Gasteiger charge is -2.27. The number of unbranched alkanes of at least 4 members (excludes halogenated alkanes) is 17. The number of likely N-dealkylation sites (N-methyl/N-ethyl adjacent to an activating group) is 1. The standard InChI is InChI=1S/C58H101N2O7P/c1-7-10-13-16-19-22-25-27-29-30-31-32-35-38-41-44-47-50-57(61)59-55(54-66-68(63,64)65-53-52-60(4,5)6)56(49-46-43-40-37-34-24-21-18-15-12-9-3)67-58(62)51-48-45-42-39-36-33-28-26-23-20-17-14-11-8-2/h10-11,13-14,19-20,22-23,27,29,31-32,38,41,46,49,55-56H,7-9,12,15-18,21,24-26,28,30,33-37,39-40,42-45,47-48,50-54H2,1-6H3,(H-,59,61,63,64)/p+1/b13-10-,14-11+,22-19-,23-20+,29-27-,32-31-,41-38-,49-46+. The van der Waals surface area contributed by atoms with Crippen LogP contribution in [-0.4, -0.2) is 74.3 Å². The van der Waals surface area contributed by atoms with Gasteiger partial charge in [-0.25, -0.2) is 4.57 Å². The Hall–Kier alpha value is -3.07. The third kappa shape index (κ3) is 48.0. The van der Waals surface area contributed by atoms with Crippen molar-refractivity contribution in [1.29, 1.82) is 0 Å². The lowest BCUT2D eigenvalue weighted by Crippen LogP contribution is -2.47. The van der Waals surface area contributed by atoms with Gasteiger partial charge in [-0.2, -0.15) is 0 Å². The van der Waals surface area contributed by atoms with E-state index in [2.05, 4.69) is 111 Å². The summed E-state index contributed by atoms with van der Waals surface area (Å²) in [6.45, 7) is 6.71. The average Bonchev–Trinajstić information content (AvgIpc) is 3.29. The number of nitrogens with one attached hydrogen (secondary N) is 1. The van der Waals surface area contributed by atoms with Gasteiger partial charge in [-0.05, 0) is 96.0 Å². The van der Waals surface area contributed by atoms with E-state index in [-0.39, 0.29) is 37.9 Å². The third-order valence-electron chi connectivity index (χ3n) is 11.3. The molecule has 0 heterocycles. The number of ether oxygens (including phenoxy) is 1. The molecule has 0 aromatic carbocycles. The summed E-state index contributed by atoms with van der Waals surface area (Å²) in [5.41, 5.74) is 0. The first-order valence-corrected chi connectivity index (χ1v) is 28.6. The fourth-order valence-electron chi connectivity index (χ4n) is 7.13. The Balaban J connectivity index is 5.48. The first-order valence-electron chi connectivity index (χ1n) is 27.1. The molecule has 10 heteroatoms. The van der Waals surface area contributed by atoms with Gasteiger partial charge in [0.1, 0.15) is 19.3 Å². The zero-order valence-corrected chi connectivity index (χ0v) is 45.2. The van der Waals surface area contributed by atoms with Crippen molar-refractivity contribution in [2.45, 2.75) is 219 Å². The summed E-state index contributed by atoms with van der Waals surface area (Å²) in [4.78, 5) is 37.5. The monoisotopic (exact) mass is 970 g/mol. The quantitative estimate of drug-likeness (QED) is 0.0205. The van der Waals surface area contributed by atoms with E-state index in [1.165, 1.54) is 64.2 Å². The molecule has 0 aliphatic carbocycles. The Bertz CT molecular complexity index is 1490. The molecule has 68 heavy (non-hydrogen) atoms. The number of nitrogens with zero attached hydrogens (tertiary/aromatic N) is 1. The van der Waals surface area contributed by atoms with Crippen molar-refractivity contribution >= 4 is 19.7 Å². The van der Waals surface area contributed by atoms with Crippen LogP contribution in [-0.2, 0) is 27.9 Å². The molecule has 0 aliphatic rings. The normalized spacial score (nSPS) is 14.6. The number of rotatable bonds is 47. The average molecular weight is 970 g/mol. The minimum atomic E-state index is -4.46. The number of quaternary nitrogens is 1. The van der Waals surface area contributed by atoms with Gasteiger partial charge in [-0.3, -0.25) is 18.6 Å². The van der Waals surface area contributed by atoms with Crippen LogP contribution in [0.15, 0.2) is 97.2 Å². The molecule has 0 rings (SSSR count). The van der Waals surface area contributed by atoms with Gasteiger partial charge in [0.05, 0.1) is 33.8 Å². The van der Waals surface area contributed by atoms with Crippen molar-refractivity contribution < 1.29 is 37.3 Å². The first-order chi connectivity index (χ1) is 32.9. The van der Waals surface area contributed by atoms with Crippen LogP contribution < -0.4 is 5.32 Å². The zero-order valence-electron chi connectivity index (χ0n) is 44.3. The lowest BCUT2D eigenvalue weighted by atomic mass is 10.1. The van der Waals surface area contributed by atoms with E-state index in [9.17, 15) is 19.0 Å². The fourth-order valence-corrected chi connectivity index (χ4v) is 7.86. The Morgan fingerprint density at radius 2 is 0.956 bits per heavy atom. The second kappa shape index (κ2) is 47.6. The van der Waals surface area contributed by atoms with E-state index < -0.39 is 20.0 Å². The van der Waals surface area contributed by atoms with E-state index in [4.69, 9.17) is 13.8 Å². The minimum absolute atomic E-state index is 0.0235. The molecule has 0 bridgehead atoms. The van der Waals surface area contributed by atoms with Crippen LogP contribution in [0, 0.1) is 0 Å². The fraction of sp³-hybridized carbons (Fsp3) is 0.690. The minimum Gasteiger partial charge on any atom is -0.456 e. The molecule has 9 nitrogen and oxygen atoms in total. The summed E-state index contributed by atoms with van der Waals surface area (Å²) in [7, 11) is 1.44. The van der Waals surface area contributed by atoms with Crippen LogP contribution >= 0.6 is 7.82 Å². The second-order valence-electron chi connectivity index (χ2n) is 19.0. The molecule has 0 radical (unpaired) electrons. The van der Waals surface area contributed by atoms with Gasteiger partial charge in [-0.1, -0.05) is 195 Å². The Kier molecular flexibility index (Phi) is 45.5. The van der Waals surface area contributed by atoms with Gasteiger partial charge in [-0.15, -0.1) is 0 Å². The van der Waals surface area contributed by atoms with Crippen molar-refractivity contribution in [2.24, 2.45) is 0 Å². The molecule has 0 saturated heterocycles. The summed E-state index contributed by atoms with van der Waals surface area (Å²) in [5.74, 6) is -0.592. The lowest BCUT2D eigenvalue weighted by molar-refractivity contribution is -0.870. The zero-order chi connectivity index (χ0) is 50.1.